The van der Waals surface area contributed by atoms with Crippen LogP contribution in [0.25, 0.3) is 0 Å². The van der Waals surface area contributed by atoms with Crippen molar-refractivity contribution in [2.24, 2.45) is 11.8 Å². The zero-order chi connectivity index (χ0) is 20.4. The summed E-state index contributed by atoms with van der Waals surface area (Å²) in [5, 5.41) is 1.99. The molecule has 5 nitrogen and oxygen atoms in total. The van der Waals surface area contributed by atoms with Crippen molar-refractivity contribution in [2.45, 2.75) is 39.0 Å². The van der Waals surface area contributed by atoms with Crippen LogP contribution < -0.4 is 14.7 Å². The first-order valence-electron chi connectivity index (χ1n) is 10.8. The monoisotopic (exact) mass is 433 g/mol. The van der Waals surface area contributed by atoms with Crippen LogP contribution in [0.15, 0.2) is 18.2 Å². The summed E-state index contributed by atoms with van der Waals surface area (Å²) in [5.41, 5.74) is 2.53. The minimum Gasteiger partial charge on any atom is -0.371 e. The maximum absolute atomic E-state index is 6.44. The first kappa shape index (κ1) is 20.7. The van der Waals surface area contributed by atoms with Crippen LogP contribution in [-0.4, -0.2) is 49.6 Å². The van der Waals surface area contributed by atoms with E-state index in [4.69, 9.17) is 11.6 Å². The summed E-state index contributed by atoms with van der Waals surface area (Å²) in [6.45, 7) is 6.68. The van der Waals surface area contributed by atoms with E-state index in [0.29, 0.717) is 0 Å². The number of hydrogen-bond acceptors (Lipinski definition) is 6. The lowest BCUT2D eigenvalue weighted by Crippen LogP contribution is -2.41. The van der Waals surface area contributed by atoms with Gasteiger partial charge in [0.05, 0.1) is 0 Å². The van der Waals surface area contributed by atoms with E-state index >= 15 is 0 Å². The highest BCUT2D eigenvalue weighted by Crippen LogP contribution is 2.36. The molecule has 1 aromatic heterocycles. The van der Waals surface area contributed by atoms with Crippen LogP contribution in [0.4, 0.5) is 16.8 Å². The van der Waals surface area contributed by atoms with Crippen molar-refractivity contribution < 1.29 is 0 Å². The van der Waals surface area contributed by atoms with Crippen LogP contribution in [0.5, 0.6) is 0 Å². The van der Waals surface area contributed by atoms with Gasteiger partial charge in [0.2, 0.25) is 11.1 Å². The van der Waals surface area contributed by atoms with Crippen molar-refractivity contribution in [3.05, 3.63) is 28.8 Å². The van der Waals surface area contributed by atoms with Crippen LogP contribution in [0.3, 0.4) is 0 Å². The zero-order valence-electron chi connectivity index (χ0n) is 17.8. The molecule has 4 rings (SSSR count). The van der Waals surface area contributed by atoms with Gasteiger partial charge in [0.15, 0.2) is 0 Å². The molecule has 0 saturated carbocycles. The highest BCUT2D eigenvalue weighted by atomic mass is 35.5. The molecule has 0 unspecified atom stereocenters. The molecule has 7 heteroatoms. The van der Waals surface area contributed by atoms with Gasteiger partial charge in [-0.15, -0.1) is 0 Å². The molecule has 2 aromatic rings. The van der Waals surface area contributed by atoms with Crippen molar-refractivity contribution in [3.8, 4) is 0 Å². The summed E-state index contributed by atoms with van der Waals surface area (Å²) in [6.07, 6.45) is 6.13. The number of aromatic nitrogens is 2. The van der Waals surface area contributed by atoms with Crippen LogP contribution in [-0.2, 0) is 6.42 Å². The maximum atomic E-state index is 6.44. The van der Waals surface area contributed by atoms with Crippen molar-refractivity contribution in [3.63, 3.8) is 0 Å². The first-order valence-corrected chi connectivity index (χ1v) is 12.0. The minimum absolute atomic E-state index is 0.826. The Morgan fingerprint density at radius 2 is 1.66 bits per heavy atom. The third-order valence-electron chi connectivity index (χ3n) is 6.60. The number of nitrogens with zero attached hydrogens (tertiary/aromatic N) is 5. The van der Waals surface area contributed by atoms with E-state index in [1.54, 1.807) is 0 Å². The molecule has 0 amide bonds. The van der Waals surface area contributed by atoms with Crippen LogP contribution in [0.1, 0.15) is 38.2 Å². The van der Waals surface area contributed by atoms with Crippen LogP contribution in [0.2, 0.25) is 5.02 Å². The van der Waals surface area contributed by atoms with Gasteiger partial charge in [-0.2, -0.15) is 9.36 Å². The zero-order valence-corrected chi connectivity index (χ0v) is 19.3. The van der Waals surface area contributed by atoms with Crippen molar-refractivity contribution in [2.75, 3.05) is 55.0 Å². The average molecular weight is 434 g/mol. The molecule has 0 radical (unpaired) electrons. The third-order valence-corrected chi connectivity index (χ3v) is 7.72. The molecule has 2 fully saturated rings. The molecule has 0 atom stereocenters. The van der Waals surface area contributed by atoms with Crippen molar-refractivity contribution in [1.29, 1.82) is 0 Å². The third kappa shape index (κ3) is 4.64. The summed E-state index contributed by atoms with van der Waals surface area (Å²) in [4.78, 5) is 11.6. The number of benzene rings is 1. The summed E-state index contributed by atoms with van der Waals surface area (Å²) >= 11 is 7.97. The molecular weight excluding hydrogens is 402 g/mol. The molecule has 0 aliphatic carbocycles. The molecule has 29 heavy (non-hydrogen) atoms. The second-order valence-electron chi connectivity index (χ2n) is 8.55. The van der Waals surface area contributed by atoms with E-state index in [-0.39, 0.29) is 0 Å². The first-order chi connectivity index (χ1) is 14.0. The second kappa shape index (κ2) is 9.09. The van der Waals surface area contributed by atoms with Gasteiger partial charge in [0.25, 0.3) is 0 Å². The highest BCUT2D eigenvalue weighted by molar-refractivity contribution is 7.09. The Bertz CT molecular complexity index is 807. The minimum atomic E-state index is 0.826. The fraction of sp³-hybridized carbons (Fsp3) is 0.636. The molecule has 0 N–H and O–H groups in total. The Morgan fingerprint density at radius 1 is 1.03 bits per heavy atom. The molecule has 0 spiro atoms. The number of hydrogen-bond donors (Lipinski definition) is 0. The molecule has 3 heterocycles. The Balaban J connectivity index is 1.28. The Morgan fingerprint density at radius 3 is 2.17 bits per heavy atom. The van der Waals surface area contributed by atoms with Gasteiger partial charge in [0, 0.05) is 62.5 Å². The number of rotatable bonds is 5. The Hall–Kier alpha value is -1.53. The van der Waals surface area contributed by atoms with Gasteiger partial charge < -0.3 is 14.7 Å². The number of aryl methyl sites for hydroxylation is 1. The fourth-order valence-electron chi connectivity index (χ4n) is 4.73. The highest BCUT2D eigenvalue weighted by Gasteiger charge is 2.30. The smallest absolute Gasteiger partial charge is 0.238 e. The summed E-state index contributed by atoms with van der Waals surface area (Å²) < 4.78 is 4.45. The quantitative estimate of drug-likeness (QED) is 0.666. The SMILES string of the molecule is CCc1ccc(N2CCC(C3CCN(c4nc(N(C)C)ns4)CC3)CC2)cc1Cl. The fourth-order valence-corrected chi connectivity index (χ4v) is 5.83. The standard InChI is InChI=1S/C22H32ClN5S/c1-4-16-5-6-19(15-20(16)23)27-11-7-17(8-12-27)18-9-13-28(14-10-18)22-24-21(25-29-22)26(2)3/h5-6,15,17-18H,4,7-14H2,1-3H3. The van der Waals surface area contributed by atoms with Gasteiger partial charge in [-0.3, -0.25) is 0 Å². The molecular formula is C22H32ClN5S. The molecule has 2 aliphatic heterocycles. The lowest BCUT2D eigenvalue weighted by molar-refractivity contribution is 0.233. The van der Waals surface area contributed by atoms with Crippen LogP contribution in [0, 0.1) is 11.8 Å². The second-order valence-corrected chi connectivity index (χ2v) is 9.69. The largest absolute Gasteiger partial charge is 0.371 e. The molecule has 158 valence electrons. The van der Waals surface area contributed by atoms with Gasteiger partial charge in [0.1, 0.15) is 0 Å². The van der Waals surface area contributed by atoms with Gasteiger partial charge in [-0.1, -0.05) is 24.6 Å². The van der Waals surface area contributed by atoms with Gasteiger partial charge >= 0.3 is 0 Å². The predicted molar refractivity (Wildman–Crippen MR) is 125 cm³/mol. The number of anilines is 3. The average Bonchev–Trinajstić information content (AvgIpc) is 3.25. The molecule has 0 bridgehead atoms. The number of halogens is 1. The van der Waals surface area contributed by atoms with Crippen molar-refractivity contribution in [1.82, 2.24) is 9.36 Å². The van der Waals surface area contributed by atoms with Crippen LogP contribution >= 0.6 is 23.1 Å². The van der Waals surface area contributed by atoms with E-state index in [1.165, 1.54) is 48.5 Å². The topological polar surface area (TPSA) is 35.5 Å². The summed E-state index contributed by atoms with van der Waals surface area (Å²) in [6, 6.07) is 6.59. The van der Waals surface area contributed by atoms with E-state index in [1.807, 2.05) is 19.0 Å². The van der Waals surface area contributed by atoms with Crippen molar-refractivity contribution >= 4 is 39.9 Å². The van der Waals surface area contributed by atoms with Gasteiger partial charge in [-0.25, -0.2) is 0 Å². The van der Waals surface area contributed by atoms with E-state index < -0.39 is 0 Å². The maximum Gasteiger partial charge on any atom is 0.238 e. The van der Waals surface area contributed by atoms with E-state index in [0.717, 1.165) is 60.5 Å². The van der Waals surface area contributed by atoms with Gasteiger partial charge in [-0.05, 0) is 61.6 Å². The molecule has 2 aliphatic rings. The lowest BCUT2D eigenvalue weighted by atomic mass is 9.79. The lowest BCUT2D eigenvalue weighted by Gasteiger charge is -2.40. The normalized spacial score (nSPS) is 19.0. The van der Waals surface area contributed by atoms with E-state index in [2.05, 4.69) is 44.3 Å². The Labute approximate surface area is 183 Å². The molecule has 2 saturated heterocycles. The number of piperidine rings is 2. The van der Waals surface area contributed by atoms with E-state index in [9.17, 15) is 0 Å². The predicted octanol–water partition coefficient (Wildman–Crippen LogP) is 4.95. The Kier molecular flexibility index (Phi) is 6.50. The molecule has 1 aromatic carbocycles. The summed E-state index contributed by atoms with van der Waals surface area (Å²) in [7, 11) is 3.99. The summed E-state index contributed by atoms with van der Waals surface area (Å²) in [5.74, 6) is 2.53.